The molecule has 0 fully saturated rings. The zero-order valence-electron chi connectivity index (χ0n) is 12.9. The van der Waals surface area contributed by atoms with Crippen molar-refractivity contribution in [1.29, 1.82) is 0 Å². The van der Waals surface area contributed by atoms with Crippen LogP contribution in [0.2, 0.25) is 0 Å². The van der Waals surface area contributed by atoms with Crippen LogP contribution in [-0.2, 0) is 6.42 Å². The molecule has 0 aliphatic heterocycles. The largest absolute Gasteiger partial charge is 0.356 e. The van der Waals surface area contributed by atoms with E-state index in [9.17, 15) is 0 Å². The predicted octanol–water partition coefficient (Wildman–Crippen LogP) is 2.93. The van der Waals surface area contributed by atoms with E-state index in [0.29, 0.717) is 5.92 Å². The van der Waals surface area contributed by atoms with E-state index in [0.717, 1.165) is 25.0 Å². The molecule has 1 atom stereocenters. The third-order valence-corrected chi connectivity index (χ3v) is 4.41. The summed E-state index contributed by atoms with van der Waals surface area (Å²) in [5.41, 5.74) is 3.00. The maximum absolute atomic E-state index is 4.31. The molecule has 0 spiro atoms. The summed E-state index contributed by atoms with van der Waals surface area (Å²) in [5, 5.41) is 6.89. The summed E-state index contributed by atoms with van der Waals surface area (Å²) >= 11 is 0. The number of hydrogen-bond acceptors (Lipinski definition) is 1. The van der Waals surface area contributed by atoms with Gasteiger partial charge in [0.15, 0.2) is 5.96 Å². The quantitative estimate of drug-likeness (QED) is 0.617. The van der Waals surface area contributed by atoms with Gasteiger partial charge in [-0.25, -0.2) is 0 Å². The summed E-state index contributed by atoms with van der Waals surface area (Å²) in [6.45, 7) is 6.47. The number of nitrogens with zero attached hydrogens (tertiary/aromatic N) is 1. The van der Waals surface area contributed by atoms with E-state index in [1.165, 1.54) is 30.4 Å². The van der Waals surface area contributed by atoms with Gasteiger partial charge in [-0.3, -0.25) is 4.99 Å². The van der Waals surface area contributed by atoms with E-state index in [4.69, 9.17) is 0 Å². The normalized spacial score (nSPS) is 17.6. The van der Waals surface area contributed by atoms with Gasteiger partial charge in [-0.1, -0.05) is 51.0 Å². The van der Waals surface area contributed by atoms with Gasteiger partial charge in [0, 0.05) is 26.1 Å². The first-order valence-electron chi connectivity index (χ1n) is 7.80. The van der Waals surface area contributed by atoms with Crippen molar-refractivity contribution in [2.45, 2.75) is 39.0 Å². The highest BCUT2D eigenvalue weighted by molar-refractivity contribution is 5.79. The Labute approximate surface area is 122 Å². The molecule has 20 heavy (non-hydrogen) atoms. The molecule has 2 N–H and O–H groups in total. The van der Waals surface area contributed by atoms with Crippen LogP contribution in [0.3, 0.4) is 0 Å². The minimum absolute atomic E-state index is 0.637. The topological polar surface area (TPSA) is 36.4 Å². The molecule has 1 aliphatic rings. The van der Waals surface area contributed by atoms with Crippen LogP contribution in [-0.4, -0.2) is 26.1 Å². The lowest BCUT2D eigenvalue weighted by Crippen LogP contribution is -2.42. The van der Waals surface area contributed by atoms with Gasteiger partial charge >= 0.3 is 0 Å². The van der Waals surface area contributed by atoms with Crippen molar-refractivity contribution in [3.63, 3.8) is 0 Å². The van der Waals surface area contributed by atoms with Crippen molar-refractivity contribution < 1.29 is 0 Å². The van der Waals surface area contributed by atoms with Gasteiger partial charge in [0.1, 0.15) is 0 Å². The van der Waals surface area contributed by atoms with Crippen LogP contribution >= 0.6 is 0 Å². The lowest BCUT2D eigenvalue weighted by Gasteiger charge is -2.30. The highest BCUT2D eigenvalue weighted by Crippen LogP contribution is 2.33. The maximum Gasteiger partial charge on any atom is 0.191 e. The zero-order chi connectivity index (χ0) is 14.4. The Balaban J connectivity index is 1.76. The highest BCUT2D eigenvalue weighted by Gasteiger charge is 2.25. The fraction of sp³-hybridized carbons (Fsp3) is 0.588. The zero-order valence-corrected chi connectivity index (χ0v) is 12.9. The fourth-order valence-electron chi connectivity index (χ4n) is 2.80. The smallest absolute Gasteiger partial charge is 0.191 e. The summed E-state index contributed by atoms with van der Waals surface area (Å²) < 4.78 is 0. The van der Waals surface area contributed by atoms with Crippen LogP contribution in [0.1, 0.15) is 43.7 Å². The summed E-state index contributed by atoms with van der Waals surface area (Å²) in [6.07, 6.45) is 3.62. The first-order valence-corrected chi connectivity index (χ1v) is 7.80. The van der Waals surface area contributed by atoms with Gasteiger partial charge in [-0.05, 0) is 23.5 Å². The molecule has 0 amide bonds. The lowest BCUT2D eigenvalue weighted by atomic mass is 9.78. The third kappa shape index (κ3) is 3.53. The Morgan fingerprint density at radius 1 is 1.25 bits per heavy atom. The molecule has 0 saturated carbocycles. The summed E-state index contributed by atoms with van der Waals surface area (Å²) in [6, 6.07) is 8.72. The second-order valence-electron chi connectivity index (χ2n) is 5.62. The molecular formula is C17H27N3. The number of aliphatic imine (C=N–C) groups is 1. The molecule has 0 heterocycles. The molecule has 1 aliphatic carbocycles. The van der Waals surface area contributed by atoms with Crippen molar-refractivity contribution in [2.24, 2.45) is 10.9 Å². The minimum Gasteiger partial charge on any atom is -0.356 e. The maximum atomic E-state index is 4.31. The van der Waals surface area contributed by atoms with Crippen LogP contribution in [0, 0.1) is 5.92 Å². The van der Waals surface area contributed by atoms with E-state index in [1.807, 2.05) is 7.05 Å². The lowest BCUT2D eigenvalue weighted by molar-refractivity contribution is 0.479. The average molecular weight is 273 g/mol. The fourth-order valence-corrected chi connectivity index (χ4v) is 2.80. The number of fused-ring (bicyclic) bond motifs is 1. The Morgan fingerprint density at radius 2 is 2.00 bits per heavy atom. The van der Waals surface area contributed by atoms with Crippen molar-refractivity contribution in [1.82, 2.24) is 10.6 Å². The molecule has 110 valence electrons. The third-order valence-electron chi connectivity index (χ3n) is 4.41. The summed E-state index contributed by atoms with van der Waals surface area (Å²) in [5.74, 6) is 2.30. The highest BCUT2D eigenvalue weighted by atomic mass is 15.2. The van der Waals surface area contributed by atoms with Crippen molar-refractivity contribution in [3.8, 4) is 0 Å². The molecule has 0 radical (unpaired) electrons. The second kappa shape index (κ2) is 7.32. The van der Waals surface area contributed by atoms with Crippen molar-refractivity contribution in [3.05, 3.63) is 35.4 Å². The number of nitrogens with one attached hydrogen (secondary N) is 2. The predicted molar refractivity (Wildman–Crippen MR) is 86.3 cm³/mol. The standard InChI is InChI=1S/C17H27N3/c1-4-13(5-2)11-19-17(18-3)20-12-15-10-14-8-6-7-9-16(14)15/h6-9,13,15H,4-5,10-12H2,1-3H3,(H2,18,19,20). The van der Waals surface area contributed by atoms with Crippen LogP contribution < -0.4 is 10.6 Å². The van der Waals surface area contributed by atoms with E-state index < -0.39 is 0 Å². The van der Waals surface area contributed by atoms with Gasteiger partial charge in [-0.2, -0.15) is 0 Å². The number of rotatable bonds is 6. The van der Waals surface area contributed by atoms with Crippen LogP contribution in [0.25, 0.3) is 0 Å². The Kier molecular flexibility index (Phi) is 5.45. The molecule has 1 aromatic rings. The first-order chi connectivity index (χ1) is 9.78. The molecule has 0 aromatic heterocycles. The first kappa shape index (κ1) is 14.9. The minimum atomic E-state index is 0.637. The van der Waals surface area contributed by atoms with E-state index in [-0.39, 0.29) is 0 Å². The van der Waals surface area contributed by atoms with E-state index in [1.54, 1.807) is 0 Å². The molecular weight excluding hydrogens is 246 g/mol. The van der Waals surface area contributed by atoms with Gasteiger partial charge < -0.3 is 10.6 Å². The molecule has 3 heteroatoms. The SMILES string of the molecule is CCC(CC)CNC(=NC)NCC1Cc2ccccc21. The Hall–Kier alpha value is -1.51. The monoisotopic (exact) mass is 273 g/mol. The molecule has 1 unspecified atom stereocenters. The Morgan fingerprint density at radius 3 is 2.65 bits per heavy atom. The van der Waals surface area contributed by atoms with Crippen LogP contribution in [0.5, 0.6) is 0 Å². The molecule has 0 saturated heterocycles. The number of hydrogen-bond donors (Lipinski definition) is 2. The number of benzene rings is 1. The van der Waals surface area contributed by atoms with E-state index in [2.05, 4.69) is 53.7 Å². The van der Waals surface area contributed by atoms with Gasteiger partial charge in [-0.15, -0.1) is 0 Å². The van der Waals surface area contributed by atoms with Gasteiger partial charge in [0.2, 0.25) is 0 Å². The van der Waals surface area contributed by atoms with Crippen LogP contribution in [0.15, 0.2) is 29.3 Å². The molecule has 1 aromatic carbocycles. The Bertz CT molecular complexity index is 449. The number of guanidine groups is 1. The van der Waals surface area contributed by atoms with Crippen LogP contribution in [0.4, 0.5) is 0 Å². The van der Waals surface area contributed by atoms with E-state index >= 15 is 0 Å². The molecule has 3 nitrogen and oxygen atoms in total. The van der Waals surface area contributed by atoms with Crippen molar-refractivity contribution in [2.75, 3.05) is 20.1 Å². The summed E-state index contributed by atoms with van der Waals surface area (Å²) in [7, 11) is 1.84. The molecule has 2 rings (SSSR count). The van der Waals surface area contributed by atoms with Gasteiger partial charge in [0.25, 0.3) is 0 Å². The molecule has 0 bridgehead atoms. The summed E-state index contributed by atoms with van der Waals surface area (Å²) in [4.78, 5) is 4.31. The van der Waals surface area contributed by atoms with Gasteiger partial charge in [0.05, 0.1) is 0 Å². The van der Waals surface area contributed by atoms with Crippen molar-refractivity contribution >= 4 is 5.96 Å². The average Bonchev–Trinajstić information content (AvgIpc) is 2.47. The second-order valence-corrected chi connectivity index (χ2v) is 5.62.